The number of hydrogen-bond donors (Lipinski definition) is 2. The zero-order valence-corrected chi connectivity index (χ0v) is 13.0. The van der Waals surface area contributed by atoms with Gasteiger partial charge in [-0.3, -0.25) is 9.59 Å². The van der Waals surface area contributed by atoms with E-state index in [0.717, 1.165) is 18.4 Å². The molecule has 1 aromatic rings. The minimum absolute atomic E-state index is 0.201. The van der Waals surface area contributed by atoms with E-state index in [9.17, 15) is 14.7 Å². The van der Waals surface area contributed by atoms with E-state index >= 15 is 0 Å². The summed E-state index contributed by atoms with van der Waals surface area (Å²) in [7, 11) is 0. The van der Waals surface area contributed by atoms with E-state index in [4.69, 9.17) is 23.2 Å². The lowest BCUT2D eigenvalue weighted by Crippen LogP contribution is -2.39. The maximum absolute atomic E-state index is 12.2. The molecule has 1 saturated carbocycles. The lowest BCUT2D eigenvalue weighted by Gasteiger charge is -2.27. The van der Waals surface area contributed by atoms with Gasteiger partial charge in [0.25, 0.3) is 0 Å². The number of nitrogens with one attached hydrogen (secondary N) is 1. The third-order valence-electron chi connectivity index (χ3n) is 3.87. The highest BCUT2D eigenvalue weighted by Gasteiger charge is 2.35. The molecule has 2 N–H and O–H groups in total. The highest BCUT2D eigenvalue weighted by atomic mass is 35.5. The van der Waals surface area contributed by atoms with Crippen LogP contribution in [-0.2, 0) is 16.1 Å². The van der Waals surface area contributed by atoms with Crippen LogP contribution in [0.15, 0.2) is 18.2 Å². The normalized spacial score (nSPS) is 21.8. The van der Waals surface area contributed by atoms with E-state index in [1.807, 2.05) is 0 Å². The van der Waals surface area contributed by atoms with Crippen molar-refractivity contribution in [2.45, 2.75) is 32.2 Å². The average Bonchev–Trinajstić information content (AvgIpc) is 2.48. The minimum atomic E-state index is -0.885. The quantitative estimate of drug-likeness (QED) is 0.888. The van der Waals surface area contributed by atoms with Crippen LogP contribution in [0.25, 0.3) is 0 Å². The van der Waals surface area contributed by atoms with Crippen LogP contribution in [0.3, 0.4) is 0 Å². The molecule has 0 bridgehead atoms. The molecule has 0 spiro atoms. The summed E-state index contributed by atoms with van der Waals surface area (Å²) in [5.41, 5.74) is 0.834. The van der Waals surface area contributed by atoms with E-state index in [0.29, 0.717) is 29.4 Å². The number of rotatable bonds is 4. The van der Waals surface area contributed by atoms with Crippen LogP contribution in [0.2, 0.25) is 10.0 Å². The maximum atomic E-state index is 12.2. The number of carboxylic acids is 1. The van der Waals surface area contributed by atoms with Crippen LogP contribution < -0.4 is 5.32 Å². The van der Waals surface area contributed by atoms with Gasteiger partial charge in [0.2, 0.25) is 5.91 Å². The molecule has 2 rings (SSSR count). The molecule has 1 amide bonds. The van der Waals surface area contributed by atoms with Gasteiger partial charge in [-0.2, -0.15) is 0 Å². The molecule has 4 nitrogen and oxygen atoms in total. The van der Waals surface area contributed by atoms with Crippen molar-refractivity contribution in [3.05, 3.63) is 33.8 Å². The van der Waals surface area contributed by atoms with Crippen molar-refractivity contribution in [3.63, 3.8) is 0 Å². The smallest absolute Gasteiger partial charge is 0.307 e. The maximum Gasteiger partial charge on any atom is 0.307 e. The summed E-state index contributed by atoms with van der Waals surface area (Å²) in [6.45, 7) is 0.318. The summed E-state index contributed by atoms with van der Waals surface area (Å²) in [6, 6.07) is 5.15. The highest BCUT2D eigenvalue weighted by molar-refractivity contribution is 6.42. The van der Waals surface area contributed by atoms with Crippen LogP contribution in [0.1, 0.15) is 31.2 Å². The number of amides is 1. The molecular formula is C15H17Cl2NO3. The second-order valence-electron chi connectivity index (χ2n) is 5.30. The van der Waals surface area contributed by atoms with Gasteiger partial charge >= 0.3 is 5.97 Å². The van der Waals surface area contributed by atoms with Crippen LogP contribution in [0, 0.1) is 11.8 Å². The SMILES string of the molecule is O=C(O)[C@H]1CCCC[C@H]1C(=O)NCc1ccc(Cl)c(Cl)c1. The fourth-order valence-electron chi connectivity index (χ4n) is 2.71. The molecular weight excluding hydrogens is 313 g/mol. The summed E-state index contributed by atoms with van der Waals surface area (Å²) in [6.07, 6.45) is 2.96. The number of aliphatic carboxylic acids is 1. The van der Waals surface area contributed by atoms with Crippen molar-refractivity contribution < 1.29 is 14.7 Å². The molecule has 1 aliphatic carbocycles. The molecule has 1 fully saturated rings. The number of benzene rings is 1. The molecule has 0 unspecified atom stereocenters. The van der Waals surface area contributed by atoms with Gasteiger partial charge in [-0.1, -0.05) is 42.1 Å². The van der Waals surface area contributed by atoms with Crippen LogP contribution >= 0.6 is 23.2 Å². The Morgan fingerprint density at radius 2 is 1.81 bits per heavy atom. The first-order chi connectivity index (χ1) is 9.99. The molecule has 1 aliphatic rings. The lowest BCUT2D eigenvalue weighted by molar-refractivity contribution is -0.148. The Labute approximate surface area is 133 Å². The molecule has 114 valence electrons. The Hall–Kier alpha value is -1.26. The molecule has 0 aliphatic heterocycles. The molecule has 0 heterocycles. The van der Waals surface area contributed by atoms with Crippen LogP contribution in [-0.4, -0.2) is 17.0 Å². The molecule has 6 heteroatoms. The first kappa shape index (κ1) is 16.1. The Balaban J connectivity index is 1.96. The van der Waals surface area contributed by atoms with E-state index in [2.05, 4.69) is 5.32 Å². The van der Waals surface area contributed by atoms with Crippen molar-refractivity contribution in [1.29, 1.82) is 0 Å². The number of halogens is 2. The van der Waals surface area contributed by atoms with Crippen LogP contribution in [0.5, 0.6) is 0 Å². The van der Waals surface area contributed by atoms with E-state index in [1.54, 1.807) is 18.2 Å². The van der Waals surface area contributed by atoms with Crippen molar-refractivity contribution in [2.24, 2.45) is 11.8 Å². The first-order valence-electron chi connectivity index (χ1n) is 6.93. The Kier molecular flexibility index (Phi) is 5.48. The summed E-state index contributed by atoms with van der Waals surface area (Å²) in [4.78, 5) is 23.4. The summed E-state index contributed by atoms with van der Waals surface area (Å²) >= 11 is 11.8. The number of carboxylic acid groups (broad SMARTS) is 1. The van der Waals surface area contributed by atoms with Crippen molar-refractivity contribution >= 4 is 35.1 Å². The number of hydrogen-bond acceptors (Lipinski definition) is 2. The third-order valence-corrected chi connectivity index (χ3v) is 4.61. The zero-order chi connectivity index (χ0) is 15.4. The first-order valence-corrected chi connectivity index (χ1v) is 7.69. The van der Waals surface area contributed by atoms with Crippen molar-refractivity contribution in [2.75, 3.05) is 0 Å². The largest absolute Gasteiger partial charge is 0.481 e. The second kappa shape index (κ2) is 7.14. The molecule has 21 heavy (non-hydrogen) atoms. The zero-order valence-electron chi connectivity index (χ0n) is 11.4. The molecule has 1 aromatic carbocycles. The fraction of sp³-hybridized carbons (Fsp3) is 0.467. The standard InChI is InChI=1S/C15H17Cl2NO3/c16-12-6-5-9(7-13(12)17)8-18-14(19)10-3-1-2-4-11(10)15(20)21/h5-7,10-11H,1-4,8H2,(H,18,19)(H,20,21)/t10-,11+/m1/s1. The Morgan fingerprint density at radius 3 is 2.43 bits per heavy atom. The van der Waals surface area contributed by atoms with Gasteiger partial charge in [0.1, 0.15) is 0 Å². The van der Waals surface area contributed by atoms with E-state index in [-0.39, 0.29) is 5.91 Å². The highest BCUT2D eigenvalue weighted by Crippen LogP contribution is 2.30. The lowest BCUT2D eigenvalue weighted by atomic mass is 9.78. The van der Waals surface area contributed by atoms with Gasteiger partial charge in [0.15, 0.2) is 0 Å². The number of carbonyl (C=O) groups excluding carboxylic acids is 1. The summed E-state index contributed by atoms with van der Waals surface area (Å²) < 4.78 is 0. The molecule has 0 saturated heterocycles. The van der Waals surface area contributed by atoms with E-state index < -0.39 is 17.8 Å². The van der Waals surface area contributed by atoms with Gasteiger partial charge in [-0.15, -0.1) is 0 Å². The van der Waals surface area contributed by atoms with Gasteiger partial charge in [0, 0.05) is 6.54 Å². The van der Waals surface area contributed by atoms with Crippen molar-refractivity contribution in [3.8, 4) is 0 Å². The average molecular weight is 330 g/mol. The van der Waals surface area contributed by atoms with E-state index in [1.165, 1.54) is 0 Å². The fourth-order valence-corrected chi connectivity index (χ4v) is 3.03. The van der Waals surface area contributed by atoms with Gasteiger partial charge in [0.05, 0.1) is 21.9 Å². The predicted octanol–water partition coefficient (Wildman–Crippen LogP) is 3.50. The minimum Gasteiger partial charge on any atom is -0.481 e. The Morgan fingerprint density at radius 1 is 1.14 bits per heavy atom. The topological polar surface area (TPSA) is 66.4 Å². The van der Waals surface area contributed by atoms with Crippen LogP contribution in [0.4, 0.5) is 0 Å². The predicted molar refractivity (Wildman–Crippen MR) is 81.4 cm³/mol. The van der Waals surface area contributed by atoms with Crippen molar-refractivity contribution in [1.82, 2.24) is 5.32 Å². The van der Waals surface area contributed by atoms with Gasteiger partial charge < -0.3 is 10.4 Å². The Bertz CT molecular complexity index is 548. The molecule has 0 radical (unpaired) electrons. The molecule has 0 aromatic heterocycles. The monoisotopic (exact) mass is 329 g/mol. The second-order valence-corrected chi connectivity index (χ2v) is 6.12. The summed E-state index contributed by atoms with van der Waals surface area (Å²) in [5.74, 6) is -2.11. The number of carbonyl (C=O) groups is 2. The van der Waals surface area contributed by atoms with Gasteiger partial charge in [-0.05, 0) is 30.5 Å². The molecule has 2 atom stereocenters. The summed E-state index contributed by atoms with van der Waals surface area (Å²) in [5, 5.41) is 12.9. The van der Waals surface area contributed by atoms with Gasteiger partial charge in [-0.25, -0.2) is 0 Å². The third kappa shape index (κ3) is 4.11.